The largest absolute Gasteiger partial charge is 0.399 e. The lowest BCUT2D eigenvalue weighted by molar-refractivity contribution is 0.0564. The molecule has 0 saturated carbocycles. The summed E-state index contributed by atoms with van der Waals surface area (Å²) in [6, 6.07) is 5.02. The fraction of sp³-hybridized carbons (Fsp3) is 0.455. The lowest BCUT2D eigenvalue weighted by Crippen LogP contribution is -2.15. The summed E-state index contributed by atoms with van der Waals surface area (Å²) in [7, 11) is -5.48. The van der Waals surface area contributed by atoms with E-state index in [4.69, 9.17) is 9.79 Å². The van der Waals surface area contributed by atoms with Crippen molar-refractivity contribution in [3.63, 3.8) is 0 Å². The first-order chi connectivity index (χ1) is 7.46. The van der Waals surface area contributed by atoms with Crippen LogP contribution in [0.3, 0.4) is 0 Å². The summed E-state index contributed by atoms with van der Waals surface area (Å²) in [5, 5.41) is 0. The average Bonchev–Trinajstić information content (AvgIpc) is 2.15. The second-order valence-electron chi connectivity index (χ2n) is 4.91. The Morgan fingerprint density at radius 3 is 1.65 bits per heavy atom. The van der Waals surface area contributed by atoms with Gasteiger partial charge in [-0.05, 0) is 11.0 Å². The molecular weight excluding hydrogens is 249 g/mol. The predicted molar refractivity (Wildman–Crippen MR) is 61.1 cm³/mol. The van der Waals surface area contributed by atoms with Crippen molar-refractivity contribution in [3.05, 3.63) is 35.4 Å². The van der Waals surface area contributed by atoms with Crippen molar-refractivity contribution < 1.29 is 23.1 Å². The van der Waals surface area contributed by atoms with Gasteiger partial charge in [-0.25, -0.2) is 0 Å². The minimum absolute atomic E-state index is 0.198. The smallest absolute Gasteiger partial charge is 0.320 e. The molecule has 0 amide bonds. The predicted octanol–water partition coefficient (Wildman–Crippen LogP) is 3.21. The molecule has 0 aliphatic carbocycles. The molecule has 0 saturated heterocycles. The molecule has 17 heavy (non-hydrogen) atoms. The van der Waals surface area contributed by atoms with E-state index in [0.29, 0.717) is 0 Å². The number of alkyl halides is 2. The van der Waals surface area contributed by atoms with Crippen LogP contribution in [0.1, 0.15) is 31.9 Å². The highest BCUT2D eigenvalue weighted by Crippen LogP contribution is 2.59. The van der Waals surface area contributed by atoms with Gasteiger partial charge in [-0.1, -0.05) is 45.0 Å². The van der Waals surface area contributed by atoms with Gasteiger partial charge in [-0.15, -0.1) is 0 Å². The maximum atomic E-state index is 13.3. The first-order valence-corrected chi connectivity index (χ1v) is 6.62. The van der Waals surface area contributed by atoms with Crippen molar-refractivity contribution in [2.75, 3.05) is 0 Å². The topological polar surface area (TPSA) is 57.5 Å². The van der Waals surface area contributed by atoms with Crippen LogP contribution in [0.5, 0.6) is 0 Å². The highest BCUT2D eigenvalue weighted by molar-refractivity contribution is 7.52. The van der Waals surface area contributed by atoms with Crippen LogP contribution in [-0.2, 0) is 15.6 Å². The van der Waals surface area contributed by atoms with Crippen LogP contribution in [0.4, 0.5) is 8.78 Å². The summed E-state index contributed by atoms with van der Waals surface area (Å²) in [4.78, 5) is 17.2. The Morgan fingerprint density at radius 1 is 1.00 bits per heavy atom. The van der Waals surface area contributed by atoms with Gasteiger partial charge in [-0.2, -0.15) is 8.78 Å². The SMILES string of the molecule is CC(C)(C)c1ccc(C(F)(F)P(=O)(O)O)cc1. The van der Waals surface area contributed by atoms with Crippen molar-refractivity contribution in [2.45, 2.75) is 31.8 Å². The third kappa shape index (κ3) is 2.92. The molecule has 0 aliphatic heterocycles. The van der Waals surface area contributed by atoms with Crippen molar-refractivity contribution in [2.24, 2.45) is 0 Å². The maximum absolute atomic E-state index is 13.3. The van der Waals surface area contributed by atoms with E-state index in [-0.39, 0.29) is 5.41 Å². The number of hydrogen-bond donors (Lipinski definition) is 2. The van der Waals surface area contributed by atoms with Crippen molar-refractivity contribution >= 4 is 7.60 Å². The van der Waals surface area contributed by atoms with Crippen LogP contribution in [0, 0.1) is 0 Å². The lowest BCUT2D eigenvalue weighted by atomic mass is 9.87. The second kappa shape index (κ2) is 4.16. The molecule has 0 aromatic heterocycles. The van der Waals surface area contributed by atoms with Gasteiger partial charge in [0.15, 0.2) is 0 Å². The van der Waals surface area contributed by atoms with Gasteiger partial charge in [0.05, 0.1) is 0 Å². The van der Waals surface area contributed by atoms with Crippen LogP contribution in [0.25, 0.3) is 0 Å². The zero-order valence-corrected chi connectivity index (χ0v) is 10.7. The normalized spacial score (nSPS) is 13.8. The Kier molecular flexibility index (Phi) is 3.50. The van der Waals surface area contributed by atoms with Crippen LogP contribution < -0.4 is 0 Å². The molecule has 6 heteroatoms. The van der Waals surface area contributed by atoms with E-state index < -0.39 is 18.8 Å². The summed E-state index contributed by atoms with van der Waals surface area (Å²) < 4.78 is 37.3. The Morgan fingerprint density at radius 2 is 1.35 bits per heavy atom. The maximum Gasteiger partial charge on any atom is 0.399 e. The van der Waals surface area contributed by atoms with Gasteiger partial charge < -0.3 is 9.79 Å². The summed E-state index contributed by atoms with van der Waals surface area (Å²) in [5.41, 5.74) is -4.18. The van der Waals surface area contributed by atoms with Gasteiger partial charge in [-0.3, -0.25) is 4.57 Å². The molecule has 0 heterocycles. The van der Waals surface area contributed by atoms with Crippen LogP contribution in [0.2, 0.25) is 0 Å². The number of halogens is 2. The van der Waals surface area contributed by atoms with E-state index in [1.807, 2.05) is 20.8 Å². The summed E-state index contributed by atoms with van der Waals surface area (Å²) in [6.07, 6.45) is 0. The van der Waals surface area contributed by atoms with Gasteiger partial charge in [0, 0.05) is 5.56 Å². The zero-order chi connectivity index (χ0) is 13.5. The third-order valence-corrected chi connectivity index (χ3v) is 3.45. The van der Waals surface area contributed by atoms with E-state index in [1.165, 1.54) is 12.1 Å². The number of rotatable bonds is 2. The molecule has 0 bridgehead atoms. The van der Waals surface area contributed by atoms with E-state index >= 15 is 0 Å². The standard InChI is InChI=1S/C11H15F2O3P/c1-10(2,3)8-4-6-9(7-5-8)11(12,13)17(14,15)16/h4-7H,1-3H3,(H2,14,15,16). The molecule has 1 aromatic carbocycles. The molecule has 0 fully saturated rings. The molecule has 0 unspecified atom stereocenters. The monoisotopic (exact) mass is 264 g/mol. The summed E-state index contributed by atoms with van der Waals surface area (Å²) >= 11 is 0. The first kappa shape index (κ1) is 14.3. The van der Waals surface area contributed by atoms with Crippen LogP contribution in [0.15, 0.2) is 24.3 Å². The highest BCUT2D eigenvalue weighted by atomic mass is 31.2. The van der Waals surface area contributed by atoms with Crippen molar-refractivity contribution in [1.82, 2.24) is 0 Å². The van der Waals surface area contributed by atoms with Gasteiger partial charge in [0.1, 0.15) is 0 Å². The highest BCUT2D eigenvalue weighted by Gasteiger charge is 2.50. The third-order valence-electron chi connectivity index (χ3n) is 2.46. The molecule has 0 aliphatic rings. The number of hydrogen-bond acceptors (Lipinski definition) is 1. The molecular formula is C11H15F2O3P. The van der Waals surface area contributed by atoms with Crippen molar-refractivity contribution in [1.29, 1.82) is 0 Å². The van der Waals surface area contributed by atoms with Crippen LogP contribution in [-0.4, -0.2) is 9.79 Å². The van der Waals surface area contributed by atoms with Crippen LogP contribution >= 0.6 is 7.60 Å². The quantitative estimate of drug-likeness (QED) is 0.806. The molecule has 1 rings (SSSR count). The molecule has 0 atom stereocenters. The van der Waals surface area contributed by atoms with E-state index in [0.717, 1.165) is 17.7 Å². The van der Waals surface area contributed by atoms with E-state index in [1.54, 1.807) is 0 Å². The van der Waals surface area contributed by atoms with E-state index in [2.05, 4.69) is 0 Å². The molecule has 0 radical (unpaired) electrons. The van der Waals surface area contributed by atoms with Gasteiger partial charge in [0.25, 0.3) is 0 Å². The van der Waals surface area contributed by atoms with Gasteiger partial charge >= 0.3 is 13.3 Å². The Bertz CT molecular complexity index is 443. The Hall–Kier alpha value is -0.770. The lowest BCUT2D eigenvalue weighted by Gasteiger charge is -2.21. The Balaban J connectivity index is 3.17. The van der Waals surface area contributed by atoms with Crippen molar-refractivity contribution in [3.8, 4) is 0 Å². The molecule has 3 nitrogen and oxygen atoms in total. The summed E-state index contributed by atoms with van der Waals surface area (Å²) in [5.74, 6) is 0. The minimum Gasteiger partial charge on any atom is -0.320 e. The molecule has 0 spiro atoms. The average molecular weight is 264 g/mol. The molecule has 2 N–H and O–H groups in total. The van der Waals surface area contributed by atoms with E-state index in [9.17, 15) is 13.3 Å². The molecule has 96 valence electrons. The first-order valence-electron chi connectivity index (χ1n) is 5.01. The summed E-state index contributed by atoms with van der Waals surface area (Å²) in [6.45, 7) is 5.76. The fourth-order valence-corrected chi connectivity index (χ4v) is 1.82. The fourth-order valence-electron chi connectivity index (χ4n) is 1.34. The van der Waals surface area contributed by atoms with Gasteiger partial charge in [0.2, 0.25) is 0 Å². The molecule has 1 aromatic rings. The number of benzene rings is 1. The zero-order valence-electron chi connectivity index (χ0n) is 9.82. The Labute approximate surface area is 98.6 Å². The second-order valence-corrected chi connectivity index (χ2v) is 6.56. The minimum atomic E-state index is -5.48.